The van der Waals surface area contributed by atoms with Crippen LogP contribution in [0.5, 0.6) is 0 Å². The number of hydrogen-bond donors (Lipinski definition) is 2. The molecule has 0 fully saturated rings. The Morgan fingerprint density at radius 2 is 2.70 bits per heavy atom. The summed E-state index contributed by atoms with van der Waals surface area (Å²) in [6, 6.07) is 0. The summed E-state index contributed by atoms with van der Waals surface area (Å²) in [4.78, 5) is 0. The third-order valence-corrected chi connectivity index (χ3v) is 1.55. The van der Waals surface area contributed by atoms with Crippen LogP contribution in [0.25, 0.3) is 0 Å². The van der Waals surface area contributed by atoms with Gasteiger partial charge in [0.2, 0.25) is 6.23 Å². The fraction of sp³-hybridized carbons (Fsp3) is 0.500. The van der Waals surface area contributed by atoms with E-state index in [0.29, 0.717) is 0 Å². The monoisotopic (exact) mass is 139 g/mol. The molecule has 2 rings (SSSR count). The summed E-state index contributed by atoms with van der Waals surface area (Å²) >= 11 is 0. The van der Waals surface area contributed by atoms with E-state index in [4.69, 9.17) is 4.74 Å². The molecule has 1 unspecified atom stereocenters. The van der Waals surface area contributed by atoms with Gasteiger partial charge in [-0.15, -0.1) is 0 Å². The highest BCUT2D eigenvalue weighted by molar-refractivity contribution is 5.89. The van der Waals surface area contributed by atoms with Gasteiger partial charge in [0.1, 0.15) is 12.0 Å². The molecule has 0 spiro atoms. The predicted molar refractivity (Wildman–Crippen MR) is 37.2 cm³/mol. The highest BCUT2D eigenvalue weighted by Crippen LogP contribution is 2.05. The summed E-state index contributed by atoms with van der Waals surface area (Å²) in [6.07, 6.45) is 4.38. The Balaban J connectivity index is 1.99. The van der Waals surface area contributed by atoms with Crippen LogP contribution in [0, 0.1) is 0 Å². The van der Waals surface area contributed by atoms with E-state index in [9.17, 15) is 0 Å². The van der Waals surface area contributed by atoms with Gasteiger partial charge in [0.15, 0.2) is 0 Å². The van der Waals surface area contributed by atoms with Gasteiger partial charge in [0, 0.05) is 19.2 Å². The van der Waals surface area contributed by atoms with E-state index >= 15 is 0 Å². The molecule has 0 radical (unpaired) electrons. The maximum atomic E-state index is 5.17. The first-order chi connectivity index (χ1) is 4.97. The standard InChI is InChI=1S/C6H9N3O/c1-2-8-9-5(1)6-7-3-4-10-6/h3-4,6-8H,1-2H2. The van der Waals surface area contributed by atoms with Crippen molar-refractivity contribution < 1.29 is 4.74 Å². The number of nitrogens with zero attached hydrogens (tertiary/aromatic N) is 1. The lowest BCUT2D eigenvalue weighted by atomic mass is 10.2. The molecule has 0 aliphatic carbocycles. The lowest BCUT2D eigenvalue weighted by molar-refractivity contribution is 0.213. The zero-order valence-corrected chi connectivity index (χ0v) is 5.50. The minimum absolute atomic E-state index is 0.0185. The van der Waals surface area contributed by atoms with Gasteiger partial charge in [-0.1, -0.05) is 0 Å². The number of nitrogens with one attached hydrogen (secondary N) is 2. The molecule has 2 aliphatic heterocycles. The number of hydrogen-bond acceptors (Lipinski definition) is 4. The lowest BCUT2D eigenvalue weighted by Gasteiger charge is -2.08. The van der Waals surface area contributed by atoms with Crippen LogP contribution in [-0.4, -0.2) is 18.5 Å². The minimum Gasteiger partial charge on any atom is -0.471 e. The minimum atomic E-state index is -0.0185. The van der Waals surface area contributed by atoms with E-state index in [0.717, 1.165) is 18.7 Å². The van der Waals surface area contributed by atoms with E-state index in [1.165, 1.54) is 0 Å². The van der Waals surface area contributed by atoms with Crippen molar-refractivity contribution in [2.75, 3.05) is 6.54 Å². The average Bonchev–Trinajstić information content (AvgIpc) is 2.59. The van der Waals surface area contributed by atoms with Crippen molar-refractivity contribution in [3.63, 3.8) is 0 Å². The fourth-order valence-corrected chi connectivity index (χ4v) is 1.05. The van der Waals surface area contributed by atoms with Gasteiger partial charge in [-0.2, -0.15) is 5.10 Å². The molecular weight excluding hydrogens is 130 g/mol. The summed E-state index contributed by atoms with van der Waals surface area (Å²) in [5.74, 6) is 0. The molecule has 0 bridgehead atoms. The molecule has 4 nitrogen and oxygen atoms in total. The van der Waals surface area contributed by atoms with E-state index in [-0.39, 0.29) is 6.23 Å². The molecule has 1 atom stereocenters. The van der Waals surface area contributed by atoms with Crippen molar-refractivity contribution in [2.24, 2.45) is 5.10 Å². The molecule has 10 heavy (non-hydrogen) atoms. The quantitative estimate of drug-likeness (QED) is 0.526. The zero-order valence-electron chi connectivity index (χ0n) is 5.50. The van der Waals surface area contributed by atoms with Crippen LogP contribution < -0.4 is 10.7 Å². The fourth-order valence-electron chi connectivity index (χ4n) is 1.05. The topological polar surface area (TPSA) is 45.6 Å². The average molecular weight is 139 g/mol. The first-order valence-electron chi connectivity index (χ1n) is 3.33. The van der Waals surface area contributed by atoms with Crippen molar-refractivity contribution in [3.05, 3.63) is 12.5 Å². The molecule has 0 aromatic heterocycles. The normalized spacial score (nSPS) is 28.8. The molecule has 4 heteroatoms. The van der Waals surface area contributed by atoms with Crippen LogP contribution >= 0.6 is 0 Å². The van der Waals surface area contributed by atoms with Gasteiger partial charge in [-0.05, 0) is 0 Å². The van der Waals surface area contributed by atoms with Gasteiger partial charge >= 0.3 is 0 Å². The molecule has 0 saturated heterocycles. The lowest BCUT2D eigenvalue weighted by Crippen LogP contribution is -2.29. The Hall–Kier alpha value is -1.19. The Morgan fingerprint density at radius 3 is 3.30 bits per heavy atom. The van der Waals surface area contributed by atoms with Gasteiger partial charge in [-0.25, -0.2) is 0 Å². The highest BCUT2D eigenvalue weighted by Gasteiger charge is 2.20. The van der Waals surface area contributed by atoms with Gasteiger partial charge in [0.25, 0.3) is 0 Å². The maximum Gasteiger partial charge on any atom is 0.210 e. The number of ether oxygens (including phenoxy) is 1. The molecule has 54 valence electrons. The second kappa shape index (κ2) is 2.21. The van der Waals surface area contributed by atoms with Crippen molar-refractivity contribution in [2.45, 2.75) is 12.6 Å². The Kier molecular flexibility index (Phi) is 1.23. The molecule has 0 amide bonds. The Bertz CT molecular complexity index is 179. The van der Waals surface area contributed by atoms with Crippen LogP contribution in [0.15, 0.2) is 17.6 Å². The van der Waals surface area contributed by atoms with E-state index in [2.05, 4.69) is 15.8 Å². The van der Waals surface area contributed by atoms with Crippen molar-refractivity contribution in [1.29, 1.82) is 0 Å². The third-order valence-electron chi connectivity index (χ3n) is 1.55. The van der Waals surface area contributed by atoms with Crippen molar-refractivity contribution in [1.82, 2.24) is 10.7 Å². The third kappa shape index (κ3) is 0.814. The Morgan fingerprint density at radius 1 is 1.70 bits per heavy atom. The largest absolute Gasteiger partial charge is 0.471 e. The first-order valence-corrected chi connectivity index (χ1v) is 3.33. The van der Waals surface area contributed by atoms with Crippen LogP contribution in [-0.2, 0) is 4.74 Å². The van der Waals surface area contributed by atoms with E-state index < -0.39 is 0 Å². The second-order valence-electron chi connectivity index (χ2n) is 2.25. The van der Waals surface area contributed by atoms with Crippen LogP contribution in [0.3, 0.4) is 0 Å². The van der Waals surface area contributed by atoms with Crippen LogP contribution in [0.1, 0.15) is 6.42 Å². The molecule has 0 saturated carbocycles. The van der Waals surface area contributed by atoms with Crippen LogP contribution in [0.4, 0.5) is 0 Å². The highest BCUT2D eigenvalue weighted by atomic mass is 16.5. The smallest absolute Gasteiger partial charge is 0.210 e. The van der Waals surface area contributed by atoms with E-state index in [1.54, 1.807) is 12.5 Å². The maximum absolute atomic E-state index is 5.17. The summed E-state index contributed by atoms with van der Waals surface area (Å²) < 4.78 is 5.17. The van der Waals surface area contributed by atoms with Crippen molar-refractivity contribution >= 4 is 5.71 Å². The predicted octanol–water partition coefficient (Wildman–Crippen LogP) is -0.247. The number of hydrazone groups is 1. The summed E-state index contributed by atoms with van der Waals surface area (Å²) in [7, 11) is 0. The SMILES string of the molecule is C1=COC(C2=NNCC2)N1. The molecular formula is C6H9N3O. The molecule has 2 N–H and O–H groups in total. The first kappa shape index (κ1) is 5.58. The number of rotatable bonds is 1. The van der Waals surface area contributed by atoms with Crippen LogP contribution in [0.2, 0.25) is 0 Å². The summed E-state index contributed by atoms with van der Waals surface area (Å²) in [5, 5.41) is 7.08. The molecule has 2 aliphatic rings. The summed E-state index contributed by atoms with van der Waals surface area (Å²) in [6.45, 7) is 0.927. The van der Waals surface area contributed by atoms with Gasteiger partial charge < -0.3 is 15.5 Å². The van der Waals surface area contributed by atoms with Gasteiger partial charge in [0.05, 0.1) is 0 Å². The Labute approximate surface area is 58.9 Å². The second-order valence-corrected chi connectivity index (χ2v) is 2.25. The summed E-state index contributed by atoms with van der Waals surface area (Å²) in [5.41, 5.74) is 3.94. The molecule has 2 heterocycles. The molecule has 0 aromatic carbocycles. The van der Waals surface area contributed by atoms with E-state index in [1.807, 2.05) is 0 Å². The zero-order chi connectivity index (χ0) is 6.81. The molecule has 0 aromatic rings. The van der Waals surface area contributed by atoms with Crippen molar-refractivity contribution in [3.8, 4) is 0 Å². The van der Waals surface area contributed by atoms with Gasteiger partial charge in [-0.3, -0.25) is 0 Å².